The average Bonchev–Trinajstić information content (AvgIpc) is 2.93. The van der Waals surface area contributed by atoms with Crippen molar-refractivity contribution in [1.29, 1.82) is 0 Å². The van der Waals surface area contributed by atoms with Crippen LogP contribution in [0.1, 0.15) is 51.0 Å². The zero-order chi connectivity index (χ0) is 25.9. The van der Waals surface area contributed by atoms with E-state index in [2.05, 4.69) is 68.7 Å². The molecule has 0 aromatic heterocycles. The van der Waals surface area contributed by atoms with Crippen molar-refractivity contribution < 1.29 is 0 Å². The number of unbranched alkanes of at least 4 members (excludes halogenated alkanes) is 5. The number of hydrogen-bond acceptors (Lipinski definition) is 5. The van der Waals surface area contributed by atoms with Crippen LogP contribution in [0.15, 0.2) is 105 Å². The Labute approximate surface area is 221 Å². The van der Waals surface area contributed by atoms with Crippen molar-refractivity contribution in [2.45, 2.75) is 51.9 Å². The molecule has 0 saturated heterocycles. The highest BCUT2D eigenvalue weighted by Gasteiger charge is 2.06. The summed E-state index contributed by atoms with van der Waals surface area (Å²) >= 11 is 0. The zero-order valence-electron chi connectivity index (χ0n) is 22.3. The minimum absolute atomic E-state index is 0.810. The Kier molecular flexibility index (Phi) is 9.53. The first-order valence-electron chi connectivity index (χ1n) is 13.4. The molecule has 0 unspecified atom stereocenters. The van der Waals surface area contributed by atoms with E-state index in [1.165, 1.54) is 44.1 Å². The van der Waals surface area contributed by atoms with Gasteiger partial charge in [0, 0.05) is 30.6 Å². The highest BCUT2D eigenvalue weighted by atomic mass is 15.1. The van der Waals surface area contributed by atoms with Crippen LogP contribution in [-0.4, -0.2) is 14.1 Å². The van der Waals surface area contributed by atoms with Gasteiger partial charge in [0.1, 0.15) is 0 Å². The van der Waals surface area contributed by atoms with Gasteiger partial charge >= 0.3 is 0 Å². The number of azo groups is 2. The van der Waals surface area contributed by atoms with Crippen molar-refractivity contribution in [1.82, 2.24) is 0 Å². The lowest BCUT2D eigenvalue weighted by Gasteiger charge is -2.11. The van der Waals surface area contributed by atoms with Gasteiger partial charge in [-0.2, -0.15) is 10.2 Å². The first-order valence-corrected chi connectivity index (χ1v) is 13.4. The molecule has 0 bridgehead atoms. The third-order valence-electron chi connectivity index (χ3n) is 6.55. The molecule has 0 saturated carbocycles. The molecule has 190 valence electrons. The second-order valence-electron chi connectivity index (χ2n) is 9.64. The number of benzene rings is 4. The normalized spacial score (nSPS) is 11.6. The van der Waals surface area contributed by atoms with Crippen molar-refractivity contribution >= 4 is 39.2 Å². The van der Waals surface area contributed by atoms with Crippen LogP contribution in [0, 0.1) is 0 Å². The van der Waals surface area contributed by atoms with E-state index in [1.807, 2.05) is 62.6 Å². The molecule has 4 rings (SSSR count). The van der Waals surface area contributed by atoms with Gasteiger partial charge in [-0.1, -0.05) is 75.4 Å². The molecule has 37 heavy (non-hydrogen) atoms. The summed E-state index contributed by atoms with van der Waals surface area (Å²) in [5, 5.41) is 20.1. The summed E-state index contributed by atoms with van der Waals surface area (Å²) in [6.07, 6.45) is 9.05. The van der Waals surface area contributed by atoms with Crippen molar-refractivity contribution in [3.05, 3.63) is 90.5 Å². The van der Waals surface area contributed by atoms with Crippen molar-refractivity contribution in [2.24, 2.45) is 20.5 Å². The van der Waals surface area contributed by atoms with Gasteiger partial charge in [0.2, 0.25) is 0 Å². The van der Waals surface area contributed by atoms with Gasteiger partial charge in [-0.25, -0.2) is 0 Å². The van der Waals surface area contributed by atoms with Gasteiger partial charge in [0.05, 0.1) is 22.7 Å². The average molecular weight is 492 g/mol. The van der Waals surface area contributed by atoms with E-state index in [1.54, 1.807) is 0 Å². The first kappa shape index (κ1) is 26.2. The summed E-state index contributed by atoms with van der Waals surface area (Å²) in [5.74, 6) is 0. The highest BCUT2D eigenvalue weighted by Crippen LogP contribution is 2.35. The van der Waals surface area contributed by atoms with Crippen molar-refractivity contribution in [2.75, 3.05) is 19.0 Å². The molecule has 0 amide bonds. The quantitative estimate of drug-likeness (QED) is 0.144. The number of anilines is 1. The maximum atomic E-state index is 4.57. The number of hydrogen-bond donors (Lipinski definition) is 0. The monoisotopic (exact) mass is 491 g/mol. The smallest absolute Gasteiger partial charge is 0.0936 e. The largest absolute Gasteiger partial charge is 0.378 e. The standard InChI is InChI=1S/C32H37N5/c1-4-5-6-7-8-9-12-25-15-17-26(18-16-25)33-35-31-23-24-32(30-14-11-10-13-29(30)31)36-34-27-19-21-28(22-20-27)37(2)3/h10-11,13-24H,4-9,12H2,1-3H3. The second-order valence-corrected chi connectivity index (χ2v) is 9.64. The fourth-order valence-electron chi connectivity index (χ4n) is 4.32. The summed E-state index contributed by atoms with van der Waals surface area (Å²) in [5.41, 5.74) is 5.81. The van der Waals surface area contributed by atoms with Gasteiger partial charge in [0.15, 0.2) is 0 Å². The van der Waals surface area contributed by atoms with E-state index in [4.69, 9.17) is 0 Å². The maximum absolute atomic E-state index is 4.57. The molecule has 5 heteroatoms. The van der Waals surface area contributed by atoms with Crippen LogP contribution in [0.25, 0.3) is 10.8 Å². The van der Waals surface area contributed by atoms with Gasteiger partial charge in [-0.3, -0.25) is 0 Å². The number of nitrogens with zero attached hydrogens (tertiary/aromatic N) is 5. The predicted molar refractivity (Wildman–Crippen MR) is 157 cm³/mol. The Morgan fingerprint density at radius 3 is 1.59 bits per heavy atom. The molecule has 4 aromatic rings. The van der Waals surface area contributed by atoms with Gasteiger partial charge < -0.3 is 4.90 Å². The fraction of sp³-hybridized carbons (Fsp3) is 0.312. The molecule has 0 heterocycles. The fourth-order valence-corrected chi connectivity index (χ4v) is 4.32. The predicted octanol–water partition coefficient (Wildman–Crippen LogP) is 10.6. The Hall–Kier alpha value is -3.86. The van der Waals surface area contributed by atoms with Crippen LogP contribution in [0.2, 0.25) is 0 Å². The molecule has 4 aromatic carbocycles. The first-order chi connectivity index (χ1) is 18.1. The highest BCUT2D eigenvalue weighted by molar-refractivity contribution is 5.99. The topological polar surface area (TPSA) is 52.7 Å². The van der Waals surface area contributed by atoms with Crippen LogP contribution >= 0.6 is 0 Å². The molecule has 0 aliphatic heterocycles. The van der Waals surface area contributed by atoms with Crippen LogP contribution in [0.5, 0.6) is 0 Å². The minimum Gasteiger partial charge on any atom is -0.378 e. The van der Waals surface area contributed by atoms with E-state index in [9.17, 15) is 0 Å². The summed E-state index contributed by atoms with van der Waals surface area (Å²) < 4.78 is 0. The summed E-state index contributed by atoms with van der Waals surface area (Å²) in [7, 11) is 4.04. The third-order valence-corrected chi connectivity index (χ3v) is 6.55. The van der Waals surface area contributed by atoms with Crippen molar-refractivity contribution in [3.63, 3.8) is 0 Å². The minimum atomic E-state index is 0.810. The molecular formula is C32H37N5. The SMILES string of the molecule is CCCCCCCCc1ccc(N=Nc2ccc(N=Nc3ccc(N(C)C)cc3)c3ccccc23)cc1. The lowest BCUT2D eigenvalue weighted by molar-refractivity contribution is 0.607. The van der Waals surface area contributed by atoms with Crippen LogP contribution in [-0.2, 0) is 6.42 Å². The van der Waals surface area contributed by atoms with Gasteiger partial charge in [-0.05, 0) is 66.9 Å². The molecule has 0 N–H and O–H groups in total. The van der Waals surface area contributed by atoms with E-state index >= 15 is 0 Å². The molecule has 5 nitrogen and oxygen atoms in total. The summed E-state index contributed by atoms with van der Waals surface area (Å²) in [4.78, 5) is 2.06. The Balaban J connectivity index is 1.43. The lowest BCUT2D eigenvalue weighted by Crippen LogP contribution is -2.07. The maximum Gasteiger partial charge on any atom is 0.0936 e. The number of rotatable bonds is 12. The van der Waals surface area contributed by atoms with E-state index in [0.717, 1.165) is 45.6 Å². The van der Waals surface area contributed by atoms with Gasteiger partial charge in [0.25, 0.3) is 0 Å². The molecule has 0 radical (unpaired) electrons. The molecule has 0 fully saturated rings. The Morgan fingerprint density at radius 2 is 1.05 bits per heavy atom. The number of fused-ring (bicyclic) bond motifs is 1. The van der Waals surface area contributed by atoms with Gasteiger partial charge in [-0.15, -0.1) is 10.2 Å². The van der Waals surface area contributed by atoms with Crippen LogP contribution < -0.4 is 4.90 Å². The van der Waals surface area contributed by atoms with Crippen LogP contribution in [0.4, 0.5) is 28.4 Å². The van der Waals surface area contributed by atoms with E-state index < -0.39 is 0 Å². The summed E-state index contributed by atoms with van der Waals surface area (Å²) in [6, 6.07) is 28.5. The third kappa shape index (κ3) is 7.56. The van der Waals surface area contributed by atoms with Crippen molar-refractivity contribution in [3.8, 4) is 0 Å². The van der Waals surface area contributed by atoms with Crippen LogP contribution in [0.3, 0.4) is 0 Å². The molecule has 0 aliphatic carbocycles. The van der Waals surface area contributed by atoms with E-state index in [-0.39, 0.29) is 0 Å². The second kappa shape index (κ2) is 13.4. The molecule has 0 atom stereocenters. The molecule has 0 aliphatic rings. The van der Waals surface area contributed by atoms with E-state index in [0.29, 0.717) is 0 Å². The molecular weight excluding hydrogens is 454 g/mol. The lowest BCUT2D eigenvalue weighted by atomic mass is 10.0. The number of aryl methyl sites for hydroxylation is 1. The Morgan fingerprint density at radius 1 is 0.541 bits per heavy atom. The zero-order valence-corrected chi connectivity index (χ0v) is 22.3. The Bertz CT molecular complexity index is 1320. The molecule has 0 spiro atoms. The summed E-state index contributed by atoms with van der Waals surface area (Å²) in [6.45, 7) is 2.26.